The third-order valence-electron chi connectivity index (χ3n) is 2.88. The second kappa shape index (κ2) is 6.08. The first-order valence-electron chi connectivity index (χ1n) is 6.41. The molecule has 0 amide bonds. The third-order valence-corrected chi connectivity index (χ3v) is 2.88. The second-order valence-corrected chi connectivity index (χ2v) is 5.62. The first-order valence-corrected chi connectivity index (χ1v) is 6.41. The minimum Gasteiger partial charge on any atom is -0.0628 e. The van der Waals surface area contributed by atoms with Crippen molar-refractivity contribution in [2.75, 3.05) is 0 Å². The molecular formula is C16H25. The van der Waals surface area contributed by atoms with Gasteiger partial charge in [-0.3, -0.25) is 0 Å². The molecule has 1 aromatic rings. The van der Waals surface area contributed by atoms with Crippen LogP contribution in [0.4, 0.5) is 0 Å². The Balaban J connectivity index is 2.85. The largest absolute Gasteiger partial charge is 0.0628 e. The van der Waals surface area contributed by atoms with Crippen LogP contribution in [0.2, 0.25) is 0 Å². The number of benzene rings is 1. The van der Waals surface area contributed by atoms with Gasteiger partial charge in [-0.15, -0.1) is 0 Å². The summed E-state index contributed by atoms with van der Waals surface area (Å²) in [6, 6.07) is 8.78. The molecule has 1 radical (unpaired) electrons. The van der Waals surface area contributed by atoms with Crippen LogP contribution in [0.3, 0.4) is 0 Å². The van der Waals surface area contributed by atoms with Crippen molar-refractivity contribution in [2.45, 2.75) is 46.5 Å². The van der Waals surface area contributed by atoms with E-state index in [2.05, 4.69) is 58.9 Å². The number of hydrogen-bond acceptors (Lipinski definition) is 0. The smallest absolute Gasteiger partial charge is 0.0157 e. The molecule has 0 nitrogen and oxygen atoms in total. The molecule has 1 rings (SSSR count). The van der Waals surface area contributed by atoms with Gasteiger partial charge >= 0.3 is 0 Å². The summed E-state index contributed by atoms with van der Waals surface area (Å²) < 4.78 is 0. The Labute approximate surface area is 101 Å². The second-order valence-electron chi connectivity index (χ2n) is 5.62. The zero-order valence-corrected chi connectivity index (χ0v) is 11.2. The normalized spacial score (nSPS) is 13.4. The highest BCUT2D eigenvalue weighted by Crippen LogP contribution is 2.27. The average molecular weight is 217 g/mol. The summed E-state index contributed by atoms with van der Waals surface area (Å²) >= 11 is 0. The fraction of sp³-hybridized carbons (Fsp3) is 0.562. The van der Waals surface area contributed by atoms with Crippen LogP contribution in [-0.4, -0.2) is 0 Å². The molecule has 1 atom stereocenters. The Kier molecular flexibility index (Phi) is 5.05. The summed E-state index contributed by atoms with van der Waals surface area (Å²) in [6.45, 7) is 13.4. The van der Waals surface area contributed by atoms with E-state index in [-0.39, 0.29) is 0 Å². The van der Waals surface area contributed by atoms with Crippen molar-refractivity contribution in [3.05, 3.63) is 42.3 Å². The van der Waals surface area contributed by atoms with Crippen molar-refractivity contribution in [3.8, 4) is 0 Å². The van der Waals surface area contributed by atoms with Crippen LogP contribution in [-0.2, 0) is 6.42 Å². The van der Waals surface area contributed by atoms with Gasteiger partial charge in [0, 0.05) is 0 Å². The van der Waals surface area contributed by atoms with Crippen molar-refractivity contribution in [2.24, 2.45) is 11.8 Å². The predicted molar refractivity (Wildman–Crippen MR) is 72.5 cm³/mol. The Bertz CT molecular complexity index is 310. The summed E-state index contributed by atoms with van der Waals surface area (Å²) in [4.78, 5) is 0. The highest BCUT2D eigenvalue weighted by molar-refractivity contribution is 5.31. The van der Waals surface area contributed by atoms with Gasteiger partial charge in [0.1, 0.15) is 0 Å². The molecule has 0 aliphatic heterocycles. The summed E-state index contributed by atoms with van der Waals surface area (Å²) in [5.41, 5.74) is 2.93. The lowest BCUT2D eigenvalue weighted by Crippen LogP contribution is -2.05. The van der Waals surface area contributed by atoms with Gasteiger partial charge in [-0.1, -0.05) is 52.0 Å². The van der Waals surface area contributed by atoms with Crippen LogP contribution in [0.15, 0.2) is 24.3 Å². The van der Waals surface area contributed by atoms with Gasteiger partial charge < -0.3 is 0 Å². The third kappa shape index (κ3) is 4.00. The number of rotatable bonds is 5. The zero-order chi connectivity index (χ0) is 12.1. The van der Waals surface area contributed by atoms with Crippen molar-refractivity contribution in [1.82, 2.24) is 0 Å². The monoisotopic (exact) mass is 217 g/mol. The zero-order valence-electron chi connectivity index (χ0n) is 11.2. The van der Waals surface area contributed by atoms with E-state index in [1.54, 1.807) is 0 Å². The van der Waals surface area contributed by atoms with Gasteiger partial charge in [0.05, 0.1) is 0 Å². The summed E-state index contributed by atoms with van der Waals surface area (Å²) in [5.74, 6) is 1.87. The molecule has 16 heavy (non-hydrogen) atoms. The van der Waals surface area contributed by atoms with E-state index >= 15 is 0 Å². The van der Waals surface area contributed by atoms with Gasteiger partial charge in [-0.05, 0) is 48.6 Å². The molecule has 0 heteroatoms. The van der Waals surface area contributed by atoms with Crippen molar-refractivity contribution in [3.63, 3.8) is 0 Å². The highest BCUT2D eigenvalue weighted by atomic mass is 14.2. The minimum absolute atomic E-state index is 0.440. The van der Waals surface area contributed by atoms with Crippen molar-refractivity contribution in [1.29, 1.82) is 0 Å². The Hall–Kier alpha value is -0.780. The lowest BCUT2D eigenvalue weighted by atomic mass is 9.86. The first kappa shape index (κ1) is 13.3. The van der Waals surface area contributed by atoms with Crippen molar-refractivity contribution < 1.29 is 0 Å². The Morgan fingerprint density at radius 1 is 1.00 bits per heavy atom. The van der Waals surface area contributed by atoms with Crippen LogP contribution in [0.5, 0.6) is 0 Å². The molecule has 0 bridgehead atoms. The molecule has 0 saturated heterocycles. The molecule has 0 spiro atoms. The first-order chi connectivity index (χ1) is 7.50. The van der Waals surface area contributed by atoms with E-state index in [0.717, 1.165) is 5.92 Å². The van der Waals surface area contributed by atoms with Gasteiger partial charge in [-0.25, -0.2) is 0 Å². The van der Waals surface area contributed by atoms with E-state index in [1.807, 2.05) is 0 Å². The topological polar surface area (TPSA) is 0 Å². The Morgan fingerprint density at radius 3 is 2.19 bits per heavy atom. The van der Waals surface area contributed by atoms with Gasteiger partial charge in [0.25, 0.3) is 0 Å². The van der Waals surface area contributed by atoms with E-state index in [4.69, 9.17) is 0 Å². The van der Waals surface area contributed by atoms with Gasteiger partial charge in [-0.2, -0.15) is 0 Å². The van der Waals surface area contributed by atoms with Crippen LogP contribution < -0.4 is 0 Å². The maximum atomic E-state index is 4.32. The van der Waals surface area contributed by atoms with E-state index in [0.29, 0.717) is 11.8 Å². The summed E-state index contributed by atoms with van der Waals surface area (Å²) in [7, 11) is 0. The molecule has 0 heterocycles. The molecule has 0 aromatic heterocycles. The fourth-order valence-electron chi connectivity index (χ4n) is 2.25. The van der Waals surface area contributed by atoms with Gasteiger partial charge in [0.15, 0.2) is 0 Å². The molecule has 89 valence electrons. The van der Waals surface area contributed by atoms with E-state index < -0.39 is 0 Å². The van der Waals surface area contributed by atoms with Crippen LogP contribution in [0.1, 0.15) is 51.2 Å². The van der Waals surface area contributed by atoms with Gasteiger partial charge in [0.2, 0.25) is 0 Å². The SMILES string of the molecule is [CH2]C(CC(C)C)c1ccccc1CC(C)C. The standard InChI is InChI=1S/C16H25/c1-12(2)10-14(5)16-9-7-6-8-15(16)11-13(3)4/h6-9,12-14H,5,10-11H2,1-4H3. The summed E-state index contributed by atoms with van der Waals surface area (Å²) in [6.07, 6.45) is 2.34. The summed E-state index contributed by atoms with van der Waals surface area (Å²) in [5, 5.41) is 0. The maximum absolute atomic E-state index is 4.32. The van der Waals surface area contributed by atoms with E-state index in [1.165, 1.54) is 24.0 Å². The number of hydrogen-bond donors (Lipinski definition) is 0. The molecular weight excluding hydrogens is 192 g/mol. The highest BCUT2D eigenvalue weighted by Gasteiger charge is 2.12. The van der Waals surface area contributed by atoms with Crippen LogP contribution >= 0.6 is 0 Å². The molecule has 1 aromatic carbocycles. The average Bonchev–Trinajstić information content (AvgIpc) is 2.16. The molecule has 0 N–H and O–H groups in total. The van der Waals surface area contributed by atoms with Crippen LogP contribution in [0.25, 0.3) is 0 Å². The lowest BCUT2D eigenvalue weighted by molar-refractivity contribution is 0.542. The molecule has 0 saturated carbocycles. The fourth-order valence-corrected chi connectivity index (χ4v) is 2.25. The lowest BCUT2D eigenvalue weighted by Gasteiger charge is -2.19. The quantitative estimate of drug-likeness (QED) is 0.661. The van der Waals surface area contributed by atoms with E-state index in [9.17, 15) is 0 Å². The molecule has 0 fully saturated rings. The predicted octanol–water partition coefficient (Wildman–Crippen LogP) is 4.85. The molecule has 1 unspecified atom stereocenters. The molecule has 0 aliphatic carbocycles. The van der Waals surface area contributed by atoms with Crippen LogP contribution in [0, 0.1) is 18.8 Å². The Morgan fingerprint density at radius 2 is 1.62 bits per heavy atom. The van der Waals surface area contributed by atoms with Crippen molar-refractivity contribution >= 4 is 0 Å². The maximum Gasteiger partial charge on any atom is -0.0157 e. The molecule has 0 aliphatic rings. The minimum atomic E-state index is 0.440.